The molecule has 0 unspecified atom stereocenters. The summed E-state index contributed by atoms with van der Waals surface area (Å²) in [5, 5.41) is 0. The number of rotatable bonds is 8. The van der Waals surface area contributed by atoms with E-state index in [9.17, 15) is 14.4 Å². The van der Waals surface area contributed by atoms with Gasteiger partial charge in [-0.15, -0.1) is 0 Å². The molecule has 7 heteroatoms. The van der Waals surface area contributed by atoms with Gasteiger partial charge in [-0.25, -0.2) is 0 Å². The summed E-state index contributed by atoms with van der Waals surface area (Å²) in [5.74, 6) is -1.22. The summed E-state index contributed by atoms with van der Waals surface area (Å²) in [5.41, 5.74) is 0. The summed E-state index contributed by atoms with van der Waals surface area (Å²) >= 11 is 0. The van der Waals surface area contributed by atoms with Crippen molar-refractivity contribution in [2.45, 2.75) is 52.2 Å². The number of ether oxygens (including phenoxy) is 4. The third-order valence-electron chi connectivity index (χ3n) is 3.34. The molecule has 0 radical (unpaired) electrons. The zero-order valence-electron chi connectivity index (χ0n) is 13.8. The van der Waals surface area contributed by atoms with Gasteiger partial charge in [0.1, 0.15) is 12.7 Å². The van der Waals surface area contributed by atoms with Crippen LogP contribution in [0.2, 0.25) is 0 Å². The maximum Gasteiger partial charge on any atom is 0.305 e. The van der Waals surface area contributed by atoms with Gasteiger partial charge in [0, 0.05) is 26.2 Å². The van der Waals surface area contributed by atoms with Gasteiger partial charge < -0.3 is 18.9 Å². The molecule has 0 fully saturated rings. The van der Waals surface area contributed by atoms with E-state index in [0.717, 1.165) is 0 Å². The molecule has 0 aromatic rings. The molecule has 7 nitrogen and oxygen atoms in total. The first-order valence-corrected chi connectivity index (χ1v) is 7.72. The number of hydrogen-bond donors (Lipinski definition) is 0. The molecule has 0 aromatic carbocycles. The van der Waals surface area contributed by atoms with Crippen molar-refractivity contribution in [3.8, 4) is 0 Å². The monoisotopic (exact) mass is 328 g/mol. The second-order valence-electron chi connectivity index (χ2n) is 5.24. The van der Waals surface area contributed by atoms with Crippen LogP contribution in [-0.2, 0) is 33.3 Å². The molecule has 3 atom stereocenters. The van der Waals surface area contributed by atoms with Crippen molar-refractivity contribution in [3.05, 3.63) is 12.3 Å². The Labute approximate surface area is 135 Å². The van der Waals surface area contributed by atoms with Crippen molar-refractivity contribution in [1.29, 1.82) is 0 Å². The minimum Gasteiger partial charge on any atom is -0.491 e. The van der Waals surface area contributed by atoms with Crippen molar-refractivity contribution in [1.82, 2.24) is 0 Å². The molecule has 0 N–H and O–H groups in total. The average Bonchev–Trinajstić information content (AvgIpc) is 2.47. The number of hydrogen-bond acceptors (Lipinski definition) is 7. The van der Waals surface area contributed by atoms with E-state index in [2.05, 4.69) is 0 Å². The average molecular weight is 328 g/mol. The first kappa shape index (κ1) is 19.0. The second-order valence-corrected chi connectivity index (χ2v) is 5.24. The van der Waals surface area contributed by atoms with Crippen LogP contribution in [0.25, 0.3) is 0 Å². The van der Waals surface area contributed by atoms with Crippen LogP contribution in [0.15, 0.2) is 12.3 Å². The second kappa shape index (κ2) is 9.86. The SMILES string of the molecule is CCOC(=O)CCC[C@@H]1C=CO[C@H](COC(C)=O)[C@H]1OC(C)=O. The Hall–Kier alpha value is -2.05. The predicted molar refractivity (Wildman–Crippen MR) is 80.2 cm³/mol. The largest absolute Gasteiger partial charge is 0.491 e. The third-order valence-corrected chi connectivity index (χ3v) is 3.34. The Morgan fingerprint density at radius 3 is 2.48 bits per heavy atom. The maximum absolute atomic E-state index is 11.4. The highest BCUT2D eigenvalue weighted by Crippen LogP contribution is 2.26. The predicted octanol–water partition coefficient (Wildman–Crippen LogP) is 1.74. The number of carbonyl (C=O) groups excluding carboxylic acids is 3. The molecule has 0 aliphatic carbocycles. The normalized spacial score (nSPS) is 22.8. The lowest BCUT2D eigenvalue weighted by molar-refractivity contribution is -0.164. The van der Waals surface area contributed by atoms with Gasteiger partial charge in [0.2, 0.25) is 0 Å². The molecule has 0 saturated carbocycles. The third kappa shape index (κ3) is 7.17. The molecular formula is C16H24O7. The van der Waals surface area contributed by atoms with E-state index in [0.29, 0.717) is 25.9 Å². The standard InChI is InChI=1S/C16H24O7/c1-4-20-15(19)7-5-6-13-8-9-21-14(10-22-11(2)17)16(13)23-12(3)18/h8-9,13-14,16H,4-7,10H2,1-3H3/t13-,14-,16+/m1/s1. The topological polar surface area (TPSA) is 88.1 Å². The highest BCUT2D eigenvalue weighted by molar-refractivity contribution is 5.69. The van der Waals surface area contributed by atoms with Gasteiger partial charge in [-0.05, 0) is 25.8 Å². The zero-order chi connectivity index (χ0) is 17.2. The molecule has 1 aliphatic heterocycles. The quantitative estimate of drug-likeness (QED) is 0.495. The molecule has 23 heavy (non-hydrogen) atoms. The van der Waals surface area contributed by atoms with Crippen molar-refractivity contribution in [2.75, 3.05) is 13.2 Å². The van der Waals surface area contributed by atoms with Crippen LogP contribution in [0.3, 0.4) is 0 Å². The van der Waals surface area contributed by atoms with Crippen molar-refractivity contribution >= 4 is 17.9 Å². The lowest BCUT2D eigenvalue weighted by Gasteiger charge is -2.33. The fourth-order valence-corrected chi connectivity index (χ4v) is 2.37. The van der Waals surface area contributed by atoms with Crippen molar-refractivity contribution < 1.29 is 33.3 Å². The Morgan fingerprint density at radius 1 is 1.13 bits per heavy atom. The summed E-state index contributed by atoms with van der Waals surface area (Å²) in [7, 11) is 0. The van der Waals surface area contributed by atoms with Gasteiger partial charge in [-0.1, -0.05) is 0 Å². The van der Waals surface area contributed by atoms with Crippen LogP contribution < -0.4 is 0 Å². The summed E-state index contributed by atoms with van der Waals surface area (Å²) in [6, 6.07) is 0. The van der Waals surface area contributed by atoms with Gasteiger partial charge in [0.05, 0.1) is 12.9 Å². The molecule has 0 amide bonds. The molecule has 0 saturated heterocycles. The Bertz CT molecular complexity index is 444. The molecule has 0 aromatic heterocycles. The summed E-state index contributed by atoms with van der Waals surface area (Å²) in [6.07, 6.45) is 3.74. The molecule has 1 rings (SSSR count). The van der Waals surface area contributed by atoms with Gasteiger partial charge in [-0.3, -0.25) is 14.4 Å². The van der Waals surface area contributed by atoms with E-state index in [4.69, 9.17) is 18.9 Å². The van der Waals surface area contributed by atoms with Gasteiger partial charge >= 0.3 is 17.9 Å². The fraction of sp³-hybridized carbons (Fsp3) is 0.688. The van der Waals surface area contributed by atoms with Crippen LogP contribution in [0.4, 0.5) is 0 Å². The Balaban J connectivity index is 2.60. The molecular weight excluding hydrogens is 304 g/mol. The highest BCUT2D eigenvalue weighted by Gasteiger charge is 2.35. The minimum absolute atomic E-state index is 0.00595. The molecule has 1 heterocycles. The molecule has 1 aliphatic rings. The van der Waals surface area contributed by atoms with Crippen LogP contribution in [-0.4, -0.2) is 43.3 Å². The Kier molecular flexibility index (Phi) is 8.15. The smallest absolute Gasteiger partial charge is 0.305 e. The van der Waals surface area contributed by atoms with E-state index in [1.54, 1.807) is 13.0 Å². The van der Waals surface area contributed by atoms with Crippen molar-refractivity contribution in [3.63, 3.8) is 0 Å². The van der Waals surface area contributed by atoms with E-state index >= 15 is 0 Å². The summed E-state index contributed by atoms with van der Waals surface area (Å²) in [4.78, 5) is 33.7. The van der Waals surface area contributed by atoms with Gasteiger partial charge in [0.15, 0.2) is 6.10 Å². The van der Waals surface area contributed by atoms with E-state index in [1.165, 1.54) is 20.1 Å². The highest BCUT2D eigenvalue weighted by atomic mass is 16.6. The Morgan fingerprint density at radius 2 is 1.87 bits per heavy atom. The molecule has 0 bridgehead atoms. The lowest BCUT2D eigenvalue weighted by atomic mass is 9.91. The van der Waals surface area contributed by atoms with Crippen LogP contribution in [0, 0.1) is 5.92 Å². The van der Waals surface area contributed by atoms with E-state index in [1.807, 2.05) is 0 Å². The van der Waals surface area contributed by atoms with Gasteiger partial charge in [0.25, 0.3) is 0 Å². The first-order valence-electron chi connectivity index (χ1n) is 7.72. The van der Waals surface area contributed by atoms with E-state index in [-0.39, 0.29) is 18.5 Å². The van der Waals surface area contributed by atoms with Crippen LogP contribution in [0.1, 0.15) is 40.0 Å². The van der Waals surface area contributed by atoms with Crippen molar-refractivity contribution in [2.24, 2.45) is 5.92 Å². The van der Waals surface area contributed by atoms with Crippen LogP contribution >= 0.6 is 0 Å². The van der Waals surface area contributed by atoms with Gasteiger partial charge in [-0.2, -0.15) is 0 Å². The molecule has 130 valence electrons. The number of esters is 3. The summed E-state index contributed by atoms with van der Waals surface area (Å²) < 4.78 is 20.6. The maximum atomic E-state index is 11.4. The molecule has 0 spiro atoms. The minimum atomic E-state index is -0.556. The van der Waals surface area contributed by atoms with Crippen LogP contribution in [0.5, 0.6) is 0 Å². The zero-order valence-corrected chi connectivity index (χ0v) is 13.8. The van der Waals surface area contributed by atoms with E-state index < -0.39 is 24.1 Å². The lowest BCUT2D eigenvalue weighted by Crippen LogP contribution is -2.43. The number of carbonyl (C=O) groups is 3. The fourth-order valence-electron chi connectivity index (χ4n) is 2.37. The summed E-state index contributed by atoms with van der Waals surface area (Å²) in [6.45, 7) is 4.74. The first-order chi connectivity index (χ1) is 10.9.